The van der Waals surface area contributed by atoms with E-state index in [-0.39, 0.29) is 17.6 Å². The molecule has 2 heterocycles. The Morgan fingerprint density at radius 1 is 1.21 bits per heavy atom. The zero-order valence-corrected chi connectivity index (χ0v) is 14.4. The number of rotatable bonds is 3. The maximum absolute atomic E-state index is 12.6. The molecule has 1 N–H and O–H groups in total. The van der Waals surface area contributed by atoms with E-state index in [4.69, 9.17) is 0 Å². The Hall–Kier alpha value is -2.47. The van der Waals surface area contributed by atoms with Gasteiger partial charge in [-0.2, -0.15) is 0 Å². The Labute approximate surface area is 144 Å². The summed E-state index contributed by atoms with van der Waals surface area (Å²) in [5, 5.41) is 4.64. The summed E-state index contributed by atoms with van der Waals surface area (Å²) in [5.41, 5.74) is 2.33. The standard InChI is InChI=1S/C18H18N2O3S/c1-11-17(22)19-8-9-20(11)18(23)14-5-3-13(4-6-14)15-7-10-24-16(15)12(2)21/h3-7,10-11H,8-9H2,1-2H3,(H,19,22). The molecule has 24 heavy (non-hydrogen) atoms. The molecule has 1 aliphatic heterocycles. The van der Waals surface area contributed by atoms with Crippen molar-refractivity contribution in [3.63, 3.8) is 0 Å². The van der Waals surface area contributed by atoms with Gasteiger partial charge in [0.15, 0.2) is 5.78 Å². The molecule has 1 unspecified atom stereocenters. The zero-order chi connectivity index (χ0) is 17.3. The number of hydrogen-bond donors (Lipinski definition) is 1. The molecule has 0 spiro atoms. The summed E-state index contributed by atoms with van der Waals surface area (Å²) >= 11 is 1.42. The normalized spacial score (nSPS) is 17.5. The largest absolute Gasteiger partial charge is 0.353 e. The second-order valence-corrected chi connectivity index (χ2v) is 6.68. The summed E-state index contributed by atoms with van der Waals surface area (Å²) < 4.78 is 0. The molecule has 6 heteroatoms. The van der Waals surface area contributed by atoms with E-state index in [0.717, 1.165) is 16.0 Å². The number of amides is 2. The summed E-state index contributed by atoms with van der Waals surface area (Å²) in [6, 6.07) is 8.63. The van der Waals surface area contributed by atoms with Crippen LogP contribution in [0.5, 0.6) is 0 Å². The summed E-state index contributed by atoms with van der Waals surface area (Å²) in [6.07, 6.45) is 0. The van der Waals surface area contributed by atoms with Crippen LogP contribution < -0.4 is 5.32 Å². The van der Waals surface area contributed by atoms with Gasteiger partial charge in [0, 0.05) is 24.2 Å². The van der Waals surface area contributed by atoms with Gasteiger partial charge in [0.1, 0.15) is 6.04 Å². The van der Waals surface area contributed by atoms with Crippen LogP contribution in [0.25, 0.3) is 11.1 Å². The highest BCUT2D eigenvalue weighted by Gasteiger charge is 2.29. The molecule has 0 aliphatic carbocycles. The van der Waals surface area contributed by atoms with Crippen molar-refractivity contribution in [2.45, 2.75) is 19.9 Å². The lowest BCUT2D eigenvalue weighted by molar-refractivity contribution is -0.127. The van der Waals surface area contributed by atoms with Gasteiger partial charge in [-0.05, 0) is 43.0 Å². The first kappa shape index (κ1) is 16.4. The van der Waals surface area contributed by atoms with Crippen LogP contribution in [0.2, 0.25) is 0 Å². The zero-order valence-electron chi connectivity index (χ0n) is 13.5. The van der Waals surface area contributed by atoms with E-state index in [9.17, 15) is 14.4 Å². The number of carbonyl (C=O) groups excluding carboxylic acids is 3. The van der Waals surface area contributed by atoms with Crippen molar-refractivity contribution >= 4 is 28.9 Å². The number of nitrogens with zero attached hydrogens (tertiary/aromatic N) is 1. The summed E-state index contributed by atoms with van der Waals surface area (Å²) in [4.78, 5) is 38.3. The van der Waals surface area contributed by atoms with Gasteiger partial charge < -0.3 is 10.2 Å². The van der Waals surface area contributed by atoms with Crippen LogP contribution in [-0.4, -0.2) is 41.6 Å². The molecule has 0 bridgehead atoms. The minimum Gasteiger partial charge on any atom is -0.353 e. The van der Waals surface area contributed by atoms with E-state index in [1.54, 1.807) is 30.9 Å². The van der Waals surface area contributed by atoms with Crippen molar-refractivity contribution in [1.82, 2.24) is 10.2 Å². The first-order chi connectivity index (χ1) is 11.5. The summed E-state index contributed by atoms with van der Waals surface area (Å²) in [5.74, 6) is -0.245. The number of carbonyl (C=O) groups is 3. The lowest BCUT2D eigenvalue weighted by Gasteiger charge is -2.32. The molecule has 5 nitrogen and oxygen atoms in total. The van der Waals surface area contributed by atoms with Crippen LogP contribution in [0.3, 0.4) is 0 Å². The third kappa shape index (κ3) is 2.97. The highest BCUT2D eigenvalue weighted by atomic mass is 32.1. The number of nitrogens with one attached hydrogen (secondary N) is 1. The van der Waals surface area contributed by atoms with Gasteiger partial charge in [-0.1, -0.05) is 12.1 Å². The van der Waals surface area contributed by atoms with Crippen molar-refractivity contribution in [2.24, 2.45) is 0 Å². The topological polar surface area (TPSA) is 66.5 Å². The smallest absolute Gasteiger partial charge is 0.254 e. The van der Waals surface area contributed by atoms with Gasteiger partial charge in [0.05, 0.1) is 4.88 Å². The Bertz CT molecular complexity index is 795. The average Bonchev–Trinajstić information content (AvgIpc) is 3.07. The quantitative estimate of drug-likeness (QED) is 0.872. The van der Waals surface area contributed by atoms with Gasteiger partial charge in [0.2, 0.25) is 5.91 Å². The molecule has 124 valence electrons. The van der Waals surface area contributed by atoms with Crippen molar-refractivity contribution in [3.05, 3.63) is 46.2 Å². The van der Waals surface area contributed by atoms with Crippen LogP contribution in [0.4, 0.5) is 0 Å². The maximum Gasteiger partial charge on any atom is 0.254 e. The predicted octanol–water partition coefficient (Wildman–Crippen LogP) is 2.58. The number of ketones is 1. The molecular weight excluding hydrogens is 324 g/mol. The third-order valence-electron chi connectivity index (χ3n) is 4.19. The fourth-order valence-corrected chi connectivity index (χ4v) is 3.65. The number of benzene rings is 1. The van der Waals surface area contributed by atoms with Crippen molar-refractivity contribution in [1.29, 1.82) is 0 Å². The molecule has 1 atom stereocenters. The van der Waals surface area contributed by atoms with Gasteiger partial charge in [-0.25, -0.2) is 0 Å². The van der Waals surface area contributed by atoms with E-state index in [1.165, 1.54) is 11.3 Å². The Morgan fingerprint density at radius 2 is 1.92 bits per heavy atom. The minimum atomic E-state index is -0.466. The molecule has 3 rings (SSSR count). The van der Waals surface area contributed by atoms with E-state index >= 15 is 0 Å². The lowest BCUT2D eigenvalue weighted by Crippen LogP contribution is -2.55. The lowest BCUT2D eigenvalue weighted by atomic mass is 10.0. The van der Waals surface area contributed by atoms with Crippen molar-refractivity contribution in [2.75, 3.05) is 13.1 Å². The van der Waals surface area contributed by atoms with Crippen LogP contribution >= 0.6 is 11.3 Å². The molecule has 0 radical (unpaired) electrons. The van der Waals surface area contributed by atoms with Gasteiger partial charge in [0.25, 0.3) is 5.91 Å². The number of thiophene rings is 1. The maximum atomic E-state index is 12.6. The monoisotopic (exact) mass is 342 g/mol. The van der Waals surface area contributed by atoms with E-state index < -0.39 is 6.04 Å². The highest BCUT2D eigenvalue weighted by Crippen LogP contribution is 2.29. The third-order valence-corrected chi connectivity index (χ3v) is 5.20. The van der Waals surface area contributed by atoms with Gasteiger partial charge in [-0.3, -0.25) is 14.4 Å². The van der Waals surface area contributed by atoms with Crippen molar-refractivity contribution in [3.8, 4) is 11.1 Å². The molecule has 1 aromatic carbocycles. The van der Waals surface area contributed by atoms with E-state index in [1.807, 2.05) is 23.6 Å². The Balaban J connectivity index is 1.84. The number of piperazine rings is 1. The molecule has 0 saturated carbocycles. The van der Waals surface area contributed by atoms with Gasteiger partial charge >= 0.3 is 0 Å². The van der Waals surface area contributed by atoms with Crippen LogP contribution in [0, 0.1) is 0 Å². The Morgan fingerprint density at radius 3 is 2.58 bits per heavy atom. The van der Waals surface area contributed by atoms with Gasteiger partial charge in [-0.15, -0.1) is 11.3 Å². The SMILES string of the molecule is CC(=O)c1sccc1-c1ccc(C(=O)N2CCNC(=O)C2C)cc1. The molecule has 2 aromatic rings. The summed E-state index contributed by atoms with van der Waals surface area (Å²) in [7, 11) is 0. The average molecular weight is 342 g/mol. The molecule has 1 fully saturated rings. The fraction of sp³-hybridized carbons (Fsp3) is 0.278. The first-order valence-corrected chi connectivity index (χ1v) is 8.64. The van der Waals surface area contributed by atoms with Crippen LogP contribution in [0.1, 0.15) is 33.9 Å². The predicted molar refractivity (Wildman–Crippen MR) is 93.3 cm³/mol. The van der Waals surface area contributed by atoms with Crippen molar-refractivity contribution < 1.29 is 14.4 Å². The number of Topliss-reactive ketones (excluding diaryl/α,β-unsaturated/α-hetero) is 1. The van der Waals surface area contributed by atoms with E-state index in [2.05, 4.69) is 5.32 Å². The van der Waals surface area contributed by atoms with E-state index in [0.29, 0.717) is 18.7 Å². The fourth-order valence-electron chi connectivity index (χ4n) is 2.83. The molecule has 1 aliphatic rings. The highest BCUT2D eigenvalue weighted by molar-refractivity contribution is 7.12. The van der Waals surface area contributed by atoms with Crippen LogP contribution in [0.15, 0.2) is 35.7 Å². The molecular formula is C18H18N2O3S. The van der Waals surface area contributed by atoms with Crippen LogP contribution in [-0.2, 0) is 4.79 Å². The molecule has 2 amide bonds. The minimum absolute atomic E-state index is 0.0355. The molecule has 1 saturated heterocycles. The Kier molecular flexibility index (Phi) is 4.49. The summed E-state index contributed by atoms with van der Waals surface area (Å²) in [6.45, 7) is 4.26. The molecule has 1 aromatic heterocycles. The first-order valence-electron chi connectivity index (χ1n) is 7.76. The number of hydrogen-bond acceptors (Lipinski definition) is 4. The second-order valence-electron chi connectivity index (χ2n) is 5.76. The second kappa shape index (κ2) is 6.57.